The first-order chi connectivity index (χ1) is 10.4. The van der Waals surface area contributed by atoms with E-state index < -0.39 is 0 Å². The summed E-state index contributed by atoms with van der Waals surface area (Å²) in [5.41, 5.74) is 2.26. The Hall–Kier alpha value is -2.43. The van der Waals surface area contributed by atoms with E-state index in [1.807, 2.05) is 31.2 Å². The molecule has 0 aliphatic carbocycles. The van der Waals surface area contributed by atoms with Crippen LogP contribution in [0.5, 0.6) is 0 Å². The second-order valence-corrected chi connectivity index (χ2v) is 5.78. The molecular formula is C17H22N4O. The number of nitrogens with one attached hydrogen (secondary N) is 2. The fraction of sp³-hybridized carbons (Fsp3) is 0.353. The van der Waals surface area contributed by atoms with Crippen LogP contribution in [0.25, 0.3) is 0 Å². The maximum absolute atomic E-state index is 12.3. The van der Waals surface area contributed by atoms with E-state index in [1.165, 1.54) is 0 Å². The van der Waals surface area contributed by atoms with Gasteiger partial charge in [-0.25, -0.2) is 9.97 Å². The number of carbonyl (C=O) groups excluding carboxylic acids is 1. The molecule has 0 saturated heterocycles. The predicted octanol–water partition coefficient (Wildman–Crippen LogP) is 3.41. The van der Waals surface area contributed by atoms with Gasteiger partial charge in [0.05, 0.1) is 0 Å². The lowest BCUT2D eigenvalue weighted by molar-refractivity contribution is 0.102. The van der Waals surface area contributed by atoms with Crippen molar-refractivity contribution in [2.24, 2.45) is 5.92 Å². The average molecular weight is 298 g/mol. The van der Waals surface area contributed by atoms with E-state index in [0.717, 1.165) is 17.8 Å². The van der Waals surface area contributed by atoms with E-state index in [-0.39, 0.29) is 5.91 Å². The van der Waals surface area contributed by atoms with Crippen molar-refractivity contribution in [3.8, 4) is 0 Å². The molecule has 5 heteroatoms. The molecule has 5 nitrogen and oxygen atoms in total. The Bertz CT molecular complexity index is 650. The van der Waals surface area contributed by atoms with Crippen molar-refractivity contribution >= 4 is 17.4 Å². The summed E-state index contributed by atoms with van der Waals surface area (Å²) in [6.45, 7) is 8.82. The maximum atomic E-state index is 12.3. The van der Waals surface area contributed by atoms with Crippen molar-refractivity contribution in [1.82, 2.24) is 9.97 Å². The van der Waals surface area contributed by atoms with Crippen molar-refractivity contribution in [1.29, 1.82) is 0 Å². The number of amides is 1. The molecule has 0 bridgehead atoms. The molecule has 2 rings (SSSR count). The summed E-state index contributed by atoms with van der Waals surface area (Å²) in [7, 11) is 0. The lowest BCUT2D eigenvalue weighted by atomic mass is 10.2. The highest BCUT2D eigenvalue weighted by Crippen LogP contribution is 2.12. The fourth-order valence-electron chi connectivity index (χ4n) is 1.92. The number of benzene rings is 1. The second-order valence-electron chi connectivity index (χ2n) is 5.78. The second kappa shape index (κ2) is 7.02. The summed E-state index contributed by atoms with van der Waals surface area (Å²) in [4.78, 5) is 20.8. The van der Waals surface area contributed by atoms with Gasteiger partial charge in [-0.2, -0.15) is 0 Å². The molecule has 1 aromatic carbocycles. The number of hydrogen-bond donors (Lipinski definition) is 2. The van der Waals surface area contributed by atoms with Crippen molar-refractivity contribution < 1.29 is 4.79 Å². The highest BCUT2D eigenvalue weighted by Gasteiger charge is 2.11. The Morgan fingerprint density at radius 2 is 1.82 bits per heavy atom. The smallest absolute Gasteiger partial charge is 0.274 e. The van der Waals surface area contributed by atoms with Crippen LogP contribution >= 0.6 is 0 Å². The molecule has 2 aromatic rings. The monoisotopic (exact) mass is 298 g/mol. The number of aromatic nitrogens is 2. The molecule has 0 atom stereocenters. The zero-order chi connectivity index (χ0) is 16.1. The van der Waals surface area contributed by atoms with E-state index in [2.05, 4.69) is 34.4 Å². The van der Waals surface area contributed by atoms with E-state index in [9.17, 15) is 4.79 Å². The quantitative estimate of drug-likeness (QED) is 0.887. The lowest BCUT2D eigenvalue weighted by Crippen LogP contribution is -2.16. The average Bonchev–Trinajstić information content (AvgIpc) is 2.47. The molecule has 116 valence electrons. The Kier molecular flexibility index (Phi) is 5.09. The highest BCUT2D eigenvalue weighted by atomic mass is 16.1. The van der Waals surface area contributed by atoms with Crippen LogP contribution in [0.2, 0.25) is 0 Å². The number of hydrogen-bond acceptors (Lipinski definition) is 4. The van der Waals surface area contributed by atoms with E-state index in [0.29, 0.717) is 23.3 Å². The maximum Gasteiger partial charge on any atom is 0.274 e. The van der Waals surface area contributed by atoms with Gasteiger partial charge in [0.15, 0.2) is 0 Å². The summed E-state index contributed by atoms with van der Waals surface area (Å²) in [6.07, 6.45) is 0. The van der Waals surface area contributed by atoms with Gasteiger partial charge in [-0.1, -0.05) is 31.5 Å². The van der Waals surface area contributed by atoms with Crippen molar-refractivity contribution in [2.75, 3.05) is 17.2 Å². The summed E-state index contributed by atoms with van der Waals surface area (Å²) < 4.78 is 0. The molecule has 0 aliphatic heterocycles. The minimum Gasteiger partial charge on any atom is -0.370 e. The van der Waals surface area contributed by atoms with Crippen LogP contribution in [0.1, 0.15) is 35.7 Å². The molecular weight excluding hydrogens is 276 g/mol. The van der Waals surface area contributed by atoms with E-state index in [4.69, 9.17) is 0 Å². The van der Waals surface area contributed by atoms with Crippen molar-refractivity contribution in [2.45, 2.75) is 27.7 Å². The fourth-order valence-corrected chi connectivity index (χ4v) is 1.92. The molecule has 2 N–H and O–H groups in total. The molecule has 1 aromatic heterocycles. The molecule has 0 saturated carbocycles. The van der Waals surface area contributed by atoms with Crippen LogP contribution in [0.3, 0.4) is 0 Å². The molecule has 0 spiro atoms. The number of carbonyl (C=O) groups is 1. The Morgan fingerprint density at radius 1 is 1.14 bits per heavy atom. The predicted molar refractivity (Wildman–Crippen MR) is 89.2 cm³/mol. The van der Waals surface area contributed by atoms with Gasteiger partial charge in [0, 0.05) is 18.3 Å². The third-order valence-electron chi connectivity index (χ3n) is 3.07. The number of anilines is 2. The number of rotatable bonds is 5. The summed E-state index contributed by atoms with van der Waals surface area (Å²) in [5.74, 6) is 1.51. The third-order valence-corrected chi connectivity index (χ3v) is 3.07. The molecule has 1 amide bonds. The number of nitrogens with zero attached hydrogens (tertiary/aromatic N) is 2. The zero-order valence-electron chi connectivity index (χ0n) is 13.5. The van der Waals surface area contributed by atoms with Gasteiger partial charge in [-0.15, -0.1) is 0 Å². The minimum absolute atomic E-state index is 0.234. The van der Waals surface area contributed by atoms with Gasteiger partial charge in [0.1, 0.15) is 17.3 Å². The standard InChI is InChI=1S/C17H22N4O/c1-11(2)10-18-16-9-15(19-13(4)20-16)17(22)21-14-7-5-12(3)6-8-14/h5-9,11H,10H2,1-4H3,(H,21,22)(H,18,19,20). The SMILES string of the molecule is Cc1ccc(NC(=O)c2cc(NCC(C)C)nc(C)n2)cc1. The highest BCUT2D eigenvalue weighted by molar-refractivity contribution is 6.03. The Labute approximate surface area is 131 Å². The van der Waals surface area contributed by atoms with Gasteiger partial charge in [0.2, 0.25) is 0 Å². The van der Waals surface area contributed by atoms with Gasteiger partial charge < -0.3 is 10.6 Å². The first-order valence-corrected chi connectivity index (χ1v) is 7.41. The topological polar surface area (TPSA) is 66.9 Å². The first-order valence-electron chi connectivity index (χ1n) is 7.41. The number of aryl methyl sites for hydroxylation is 2. The van der Waals surface area contributed by atoms with Gasteiger partial charge >= 0.3 is 0 Å². The summed E-state index contributed by atoms with van der Waals surface area (Å²) >= 11 is 0. The molecule has 1 heterocycles. The summed E-state index contributed by atoms with van der Waals surface area (Å²) in [5, 5.41) is 6.07. The molecule has 0 radical (unpaired) electrons. The summed E-state index contributed by atoms with van der Waals surface area (Å²) in [6, 6.07) is 9.34. The van der Waals surface area contributed by atoms with Crippen LogP contribution < -0.4 is 10.6 Å². The van der Waals surface area contributed by atoms with Crippen molar-refractivity contribution in [3.05, 3.63) is 47.4 Å². The molecule has 0 fully saturated rings. The first kappa shape index (κ1) is 15.9. The lowest BCUT2D eigenvalue weighted by Gasteiger charge is -2.10. The van der Waals surface area contributed by atoms with Gasteiger partial charge in [0.25, 0.3) is 5.91 Å². The van der Waals surface area contributed by atoms with Crippen LogP contribution in [0, 0.1) is 19.8 Å². The van der Waals surface area contributed by atoms with Gasteiger partial charge in [-0.3, -0.25) is 4.79 Å². The van der Waals surface area contributed by atoms with Crippen LogP contribution in [-0.4, -0.2) is 22.4 Å². The Balaban J connectivity index is 2.13. The normalized spacial score (nSPS) is 10.6. The van der Waals surface area contributed by atoms with Crippen LogP contribution in [-0.2, 0) is 0 Å². The zero-order valence-corrected chi connectivity index (χ0v) is 13.5. The third kappa shape index (κ3) is 4.55. The molecule has 22 heavy (non-hydrogen) atoms. The van der Waals surface area contributed by atoms with E-state index >= 15 is 0 Å². The van der Waals surface area contributed by atoms with Crippen LogP contribution in [0.15, 0.2) is 30.3 Å². The molecule has 0 aliphatic rings. The molecule has 0 unspecified atom stereocenters. The van der Waals surface area contributed by atoms with Crippen molar-refractivity contribution in [3.63, 3.8) is 0 Å². The van der Waals surface area contributed by atoms with Gasteiger partial charge in [-0.05, 0) is 31.9 Å². The van der Waals surface area contributed by atoms with Crippen LogP contribution in [0.4, 0.5) is 11.5 Å². The van der Waals surface area contributed by atoms with E-state index in [1.54, 1.807) is 13.0 Å². The minimum atomic E-state index is -0.234. The Morgan fingerprint density at radius 3 is 2.45 bits per heavy atom. The largest absolute Gasteiger partial charge is 0.370 e.